The van der Waals surface area contributed by atoms with Crippen molar-refractivity contribution >= 4 is 0 Å². The topological polar surface area (TPSA) is 0 Å². The summed E-state index contributed by atoms with van der Waals surface area (Å²) in [6.45, 7) is 4.57. The van der Waals surface area contributed by atoms with Crippen molar-refractivity contribution < 1.29 is 26.2 Å². The van der Waals surface area contributed by atoms with Gasteiger partial charge in [-0.1, -0.05) is 155 Å². The van der Waals surface area contributed by atoms with Gasteiger partial charge in [0.1, 0.15) is 0 Å². The number of aryl methyl sites for hydroxylation is 2. The Hall–Kier alpha value is -0.417. The molecule has 1 heteroatoms. The van der Waals surface area contributed by atoms with E-state index in [1.54, 1.807) is 0 Å². The summed E-state index contributed by atoms with van der Waals surface area (Å²) in [5.41, 5.74) is 3.04. The van der Waals surface area contributed by atoms with E-state index in [2.05, 4.69) is 62.4 Å². The normalized spacial score (nSPS) is 10.6. The molecule has 0 nitrogen and oxygen atoms in total. The molecule has 0 atom stereocenters. The molecule has 0 aliphatic rings. The van der Waals surface area contributed by atoms with Crippen molar-refractivity contribution in [1.29, 1.82) is 0 Å². The van der Waals surface area contributed by atoms with Gasteiger partial charge in [0.2, 0.25) is 0 Å². The molecule has 0 spiro atoms. The first-order valence-corrected chi connectivity index (χ1v) is 15.3. The molecule has 2 rings (SSSR count). The molecule has 2 aromatic rings. The smallest absolute Gasteiger partial charge is 0.213 e. The van der Waals surface area contributed by atoms with Crippen LogP contribution in [0.25, 0.3) is 0 Å². The molecule has 0 N–H and O–H groups in total. The van der Waals surface area contributed by atoms with E-state index in [-0.39, 0.29) is 26.2 Å². The number of unbranched alkanes of at least 4 members (excludes halogenated alkanes) is 18. The first-order chi connectivity index (χ1) is 16.9. The zero-order valence-electron chi connectivity index (χ0n) is 23.7. The summed E-state index contributed by atoms with van der Waals surface area (Å²) in [5, 5.41) is 0. The molecule has 198 valence electrons. The van der Waals surface area contributed by atoms with Crippen LogP contribution >= 0.6 is 0 Å². The van der Waals surface area contributed by atoms with E-state index in [4.69, 9.17) is 0 Å². The molecule has 35 heavy (non-hydrogen) atoms. The van der Waals surface area contributed by atoms with E-state index in [0.717, 1.165) is 0 Å². The Bertz CT molecular complexity index is 526. The first kappa shape index (κ1) is 34.6. The van der Waals surface area contributed by atoms with Crippen molar-refractivity contribution in [1.82, 2.24) is 0 Å². The van der Waals surface area contributed by atoms with Gasteiger partial charge >= 0.3 is 26.2 Å². The van der Waals surface area contributed by atoms with E-state index >= 15 is 0 Å². The van der Waals surface area contributed by atoms with Gasteiger partial charge in [0.25, 0.3) is 0 Å². The summed E-state index contributed by atoms with van der Waals surface area (Å²) >= 11 is 0. The molecule has 0 aromatic heterocycles. The van der Waals surface area contributed by atoms with Crippen LogP contribution in [-0.2, 0) is 39.0 Å². The molecule has 2 aromatic carbocycles. The molecular formula is C34H58Zr. The van der Waals surface area contributed by atoms with Crippen LogP contribution in [0.3, 0.4) is 0 Å². The largest absolute Gasteiger partial charge is 2.00 e. The summed E-state index contributed by atoms with van der Waals surface area (Å²) in [7, 11) is 0. The number of hydrogen-bond acceptors (Lipinski definition) is 0. The van der Waals surface area contributed by atoms with Crippen molar-refractivity contribution in [3.05, 3.63) is 59.7 Å². The second kappa shape index (κ2) is 28.2. The third kappa shape index (κ3) is 23.7. The molecule has 0 radical (unpaired) electrons. The SMILES string of the molecule is CCCCCCCCCCCC[c-]1cccc1.CCCCCCCCCCCC[c-]1cccc1.[Zr+2]. The predicted octanol–water partition coefficient (Wildman–Crippen LogP) is 11.7. The van der Waals surface area contributed by atoms with Gasteiger partial charge in [0.15, 0.2) is 0 Å². The molecular weight excluding hydrogens is 500 g/mol. The molecule has 0 saturated carbocycles. The van der Waals surface area contributed by atoms with Gasteiger partial charge in [-0.15, -0.1) is 0 Å². The number of hydrogen-bond donors (Lipinski definition) is 0. The third-order valence-electron chi connectivity index (χ3n) is 7.10. The fourth-order valence-corrected chi connectivity index (χ4v) is 4.79. The third-order valence-corrected chi connectivity index (χ3v) is 7.10. The molecule has 0 amide bonds. The Labute approximate surface area is 239 Å². The maximum atomic E-state index is 2.28. The van der Waals surface area contributed by atoms with Crippen LogP contribution in [0.15, 0.2) is 48.5 Å². The van der Waals surface area contributed by atoms with Gasteiger partial charge in [-0.2, -0.15) is 35.4 Å². The van der Waals surface area contributed by atoms with Crippen LogP contribution in [-0.4, -0.2) is 0 Å². The van der Waals surface area contributed by atoms with E-state index < -0.39 is 0 Å². The summed E-state index contributed by atoms with van der Waals surface area (Å²) in [6, 6.07) is 17.6. The molecule has 0 aliphatic heterocycles. The van der Waals surface area contributed by atoms with Crippen LogP contribution in [0.4, 0.5) is 0 Å². The molecule has 0 bridgehead atoms. The van der Waals surface area contributed by atoms with Gasteiger partial charge in [-0.25, -0.2) is 24.3 Å². The Balaban J connectivity index is 0.000000642. The molecule has 0 fully saturated rings. The van der Waals surface area contributed by atoms with Gasteiger partial charge in [0, 0.05) is 0 Å². The molecule has 0 unspecified atom stereocenters. The summed E-state index contributed by atoms with van der Waals surface area (Å²) in [6.07, 6.45) is 31.2. The van der Waals surface area contributed by atoms with Crippen LogP contribution < -0.4 is 0 Å². The Morgan fingerprint density at radius 3 is 0.829 bits per heavy atom. The van der Waals surface area contributed by atoms with E-state index in [1.165, 1.54) is 152 Å². The predicted molar refractivity (Wildman–Crippen MR) is 155 cm³/mol. The monoisotopic (exact) mass is 556 g/mol. The summed E-state index contributed by atoms with van der Waals surface area (Å²) < 4.78 is 0. The Morgan fingerprint density at radius 2 is 0.571 bits per heavy atom. The Morgan fingerprint density at radius 1 is 0.343 bits per heavy atom. The van der Waals surface area contributed by atoms with Crippen molar-refractivity contribution in [2.45, 2.75) is 155 Å². The van der Waals surface area contributed by atoms with Crippen molar-refractivity contribution in [2.24, 2.45) is 0 Å². The average Bonchev–Trinajstić information content (AvgIpc) is 3.56. The second-order valence-corrected chi connectivity index (χ2v) is 10.5. The van der Waals surface area contributed by atoms with Crippen molar-refractivity contribution in [3.63, 3.8) is 0 Å². The van der Waals surface area contributed by atoms with Crippen molar-refractivity contribution in [2.75, 3.05) is 0 Å². The van der Waals surface area contributed by atoms with E-state index in [1.807, 2.05) is 0 Å². The minimum absolute atomic E-state index is 0. The maximum Gasteiger partial charge on any atom is 2.00 e. The molecule has 0 saturated heterocycles. The number of rotatable bonds is 22. The summed E-state index contributed by atoms with van der Waals surface area (Å²) in [5.74, 6) is 0. The fraction of sp³-hybridized carbons (Fsp3) is 0.706. The first-order valence-electron chi connectivity index (χ1n) is 15.3. The van der Waals surface area contributed by atoms with Gasteiger partial charge < -0.3 is 0 Å². The minimum atomic E-state index is 0. The van der Waals surface area contributed by atoms with Crippen LogP contribution in [0.2, 0.25) is 0 Å². The van der Waals surface area contributed by atoms with E-state index in [9.17, 15) is 0 Å². The molecule has 0 aliphatic carbocycles. The van der Waals surface area contributed by atoms with Gasteiger partial charge in [0.05, 0.1) is 0 Å². The second-order valence-electron chi connectivity index (χ2n) is 10.5. The molecule has 0 heterocycles. The van der Waals surface area contributed by atoms with Gasteiger partial charge in [-0.05, 0) is 0 Å². The fourth-order valence-electron chi connectivity index (χ4n) is 4.79. The maximum absolute atomic E-state index is 2.28. The van der Waals surface area contributed by atoms with Crippen LogP contribution in [0.5, 0.6) is 0 Å². The van der Waals surface area contributed by atoms with Crippen LogP contribution in [0, 0.1) is 0 Å². The standard InChI is InChI=1S/2C17H29.Zr/c2*1-2-3-4-5-6-7-8-9-10-11-14-17-15-12-13-16-17;/h2*12-13,15-16H,2-11,14H2,1H3;/q2*-1;+2. The summed E-state index contributed by atoms with van der Waals surface area (Å²) in [4.78, 5) is 0. The quantitative estimate of drug-likeness (QED) is 0.0997. The minimum Gasteiger partial charge on any atom is -0.213 e. The Kier molecular flexibility index (Phi) is 27.8. The van der Waals surface area contributed by atoms with E-state index in [0.29, 0.717) is 0 Å². The average molecular weight is 558 g/mol. The zero-order chi connectivity index (χ0) is 24.4. The zero-order valence-corrected chi connectivity index (χ0v) is 26.1. The van der Waals surface area contributed by atoms with Gasteiger partial charge in [-0.3, -0.25) is 0 Å². The van der Waals surface area contributed by atoms with Crippen molar-refractivity contribution in [3.8, 4) is 0 Å². The van der Waals surface area contributed by atoms with Crippen LogP contribution in [0.1, 0.15) is 153 Å².